The van der Waals surface area contributed by atoms with Gasteiger partial charge in [-0.1, -0.05) is 60.7 Å². The average molecular weight is 478 g/mol. The third-order valence-electron chi connectivity index (χ3n) is 5.78. The first kappa shape index (κ1) is 31.4. The van der Waals surface area contributed by atoms with E-state index in [2.05, 4.69) is 79.4 Å². The molecule has 0 unspecified atom stereocenters. The lowest BCUT2D eigenvalue weighted by atomic mass is 10.1. The second-order valence-electron chi connectivity index (χ2n) is 7.60. The third kappa shape index (κ3) is 11.0. The summed E-state index contributed by atoms with van der Waals surface area (Å²) in [5.74, 6) is 0. The molecular formula is C24H41Cl3N3+. The summed E-state index contributed by atoms with van der Waals surface area (Å²) in [5, 5.41) is 0. The van der Waals surface area contributed by atoms with Gasteiger partial charge in [-0.2, -0.15) is 0 Å². The van der Waals surface area contributed by atoms with Crippen LogP contribution in [0.25, 0.3) is 0 Å². The molecule has 0 aliphatic heterocycles. The van der Waals surface area contributed by atoms with Crippen molar-refractivity contribution in [2.75, 3.05) is 39.3 Å². The van der Waals surface area contributed by atoms with Gasteiger partial charge in [-0.05, 0) is 31.5 Å². The maximum absolute atomic E-state index is 5.78. The number of hydrogen-bond donors (Lipinski definition) is 1. The largest absolute Gasteiger partial charge is 0.330 e. The summed E-state index contributed by atoms with van der Waals surface area (Å²) >= 11 is 0. The van der Waals surface area contributed by atoms with Crippen LogP contribution in [0.5, 0.6) is 0 Å². The smallest absolute Gasteiger partial charge is 0.0798 e. The fourth-order valence-corrected chi connectivity index (χ4v) is 3.92. The summed E-state index contributed by atoms with van der Waals surface area (Å²) in [6.07, 6.45) is 2.35. The topological polar surface area (TPSA) is 29.3 Å². The summed E-state index contributed by atoms with van der Waals surface area (Å²) in [7, 11) is 0. The molecule has 0 aliphatic carbocycles. The van der Waals surface area contributed by atoms with Crippen LogP contribution in [0.3, 0.4) is 0 Å². The molecule has 0 saturated heterocycles. The van der Waals surface area contributed by atoms with Gasteiger partial charge in [0.1, 0.15) is 0 Å². The normalized spacial score (nSPS) is 10.7. The first-order valence-corrected chi connectivity index (χ1v) is 10.6. The molecule has 30 heavy (non-hydrogen) atoms. The van der Waals surface area contributed by atoms with Crippen molar-refractivity contribution in [1.29, 1.82) is 0 Å². The highest BCUT2D eigenvalue weighted by atomic mass is 35.5. The summed E-state index contributed by atoms with van der Waals surface area (Å²) in [6.45, 7) is 13.5. The van der Waals surface area contributed by atoms with Gasteiger partial charge in [0.15, 0.2) is 0 Å². The Morgan fingerprint density at radius 1 is 0.700 bits per heavy atom. The molecule has 0 fully saturated rings. The molecule has 0 spiro atoms. The number of hydrogen-bond acceptors (Lipinski definition) is 2. The standard InChI is InChI=1S/C24H38N3.3ClH/c1-3-27(4-2,19-11-17-25)20-12-18-26(21-23-13-7-5-8-14-23)22-24-15-9-6-10-16-24;;;/h5-10,13-16H,3-4,11-12,17-22,25H2,1-2H3;3*1H/q+1;;;. The van der Waals surface area contributed by atoms with E-state index >= 15 is 0 Å². The zero-order valence-electron chi connectivity index (χ0n) is 18.5. The molecular weight excluding hydrogens is 437 g/mol. The van der Waals surface area contributed by atoms with Crippen LogP contribution < -0.4 is 5.73 Å². The van der Waals surface area contributed by atoms with Crippen LogP contribution in [0, 0.1) is 0 Å². The van der Waals surface area contributed by atoms with Crippen LogP contribution in [0.1, 0.15) is 37.8 Å². The summed E-state index contributed by atoms with van der Waals surface area (Å²) < 4.78 is 1.20. The molecule has 2 aromatic carbocycles. The monoisotopic (exact) mass is 476 g/mol. The molecule has 0 aliphatic rings. The second kappa shape index (κ2) is 17.8. The molecule has 0 saturated carbocycles. The number of halogens is 3. The third-order valence-corrected chi connectivity index (χ3v) is 5.78. The average Bonchev–Trinajstić information content (AvgIpc) is 2.72. The Hall–Kier alpha value is -0.810. The summed E-state index contributed by atoms with van der Waals surface area (Å²) in [6, 6.07) is 21.7. The molecule has 0 amide bonds. The highest BCUT2D eigenvalue weighted by Crippen LogP contribution is 2.13. The second-order valence-corrected chi connectivity index (χ2v) is 7.60. The van der Waals surface area contributed by atoms with Gasteiger partial charge in [0.05, 0.1) is 26.2 Å². The van der Waals surface area contributed by atoms with E-state index in [1.165, 1.54) is 48.2 Å². The minimum Gasteiger partial charge on any atom is -0.330 e. The lowest BCUT2D eigenvalue weighted by Gasteiger charge is -2.37. The fourth-order valence-electron chi connectivity index (χ4n) is 3.92. The quantitative estimate of drug-likeness (QED) is 0.383. The van der Waals surface area contributed by atoms with E-state index in [9.17, 15) is 0 Å². The van der Waals surface area contributed by atoms with Crippen molar-refractivity contribution in [2.45, 2.75) is 39.8 Å². The number of nitrogens with two attached hydrogens (primary N) is 1. The molecule has 0 bridgehead atoms. The minimum absolute atomic E-state index is 0. The van der Waals surface area contributed by atoms with Crippen molar-refractivity contribution in [3.8, 4) is 0 Å². The fraction of sp³-hybridized carbons (Fsp3) is 0.500. The number of benzene rings is 2. The number of nitrogens with zero attached hydrogens (tertiary/aromatic N) is 2. The Balaban J connectivity index is 0. The zero-order valence-corrected chi connectivity index (χ0v) is 21.0. The maximum Gasteiger partial charge on any atom is 0.0798 e. The van der Waals surface area contributed by atoms with Crippen molar-refractivity contribution in [1.82, 2.24) is 4.90 Å². The van der Waals surface area contributed by atoms with Crippen molar-refractivity contribution in [3.63, 3.8) is 0 Å². The molecule has 3 nitrogen and oxygen atoms in total. The minimum atomic E-state index is 0. The van der Waals surface area contributed by atoms with E-state index < -0.39 is 0 Å². The molecule has 2 rings (SSSR count). The Labute approximate surface area is 202 Å². The van der Waals surface area contributed by atoms with E-state index in [0.29, 0.717) is 0 Å². The molecule has 2 N–H and O–H groups in total. The summed E-state index contributed by atoms with van der Waals surface area (Å²) in [4.78, 5) is 2.59. The SMILES string of the molecule is CC[N+](CC)(CCCN)CCCN(Cc1ccccc1)Cc1ccccc1.Cl.Cl.Cl. The van der Waals surface area contributed by atoms with E-state index in [1.54, 1.807) is 0 Å². The van der Waals surface area contributed by atoms with E-state index in [0.717, 1.165) is 32.6 Å². The first-order chi connectivity index (χ1) is 13.2. The predicted octanol–water partition coefficient (Wildman–Crippen LogP) is 5.55. The molecule has 0 heterocycles. The lowest BCUT2D eigenvalue weighted by Crippen LogP contribution is -2.50. The summed E-state index contributed by atoms with van der Waals surface area (Å²) in [5.41, 5.74) is 8.56. The molecule has 0 atom stereocenters. The van der Waals surface area contributed by atoms with Gasteiger partial charge in [-0.15, -0.1) is 37.2 Å². The van der Waals surface area contributed by atoms with Crippen LogP contribution in [-0.4, -0.2) is 48.7 Å². The molecule has 6 heteroatoms. The van der Waals surface area contributed by atoms with Gasteiger partial charge in [-0.25, -0.2) is 0 Å². The molecule has 0 radical (unpaired) electrons. The Kier molecular flexibility index (Phi) is 18.6. The highest BCUT2D eigenvalue weighted by molar-refractivity contribution is 5.86. The zero-order chi connectivity index (χ0) is 19.4. The van der Waals surface area contributed by atoms with E-state index in [-0.39, 0.29) is 37.2 Å². The Bertz CT molecular complexity index is 581. The van der Waals surface area contributed by atoms with Crippen molar-refractivity contribution in [3.05, 3.63) is 71.8 Å². The van der Waals surface area contributed by atoms with Crippen molar-refractivity contribution < 1.29 is 4.48 Å². The number of rotatable bonds is 13. The lowest BCUT2D eigenvalue weighted by molar-refractivity contribution is -0.925. The van der Waals surface area contributed by atoms with Crippen LogP contribution >= 0.6 is 37.2 Å². The predicted molar refractivity (Wildman–Crippen MR) is 138 cm³/mol. The van der Waals surface area contributed by atoms with Crippen molar-refractivity contribution >= 4 is 37.2 Å². The number of quaternary nitrogens is 1. The first-order valence-electron chi connectivity index (χ1n) is 10.6. The van der Waals surface area contributed by atoms with Gasteiger partial charge in [0, 0.05) is 32.5 Å². The van der Waals surface area contributed by atoms with Gasteiger partial charge in [0.2, 0.25) is 0 Å². The molecule has 172 valence electrons. The van der Waals surface area contributed by atoms with Gasteiger partial charge >= 0.3 is 0 Å². The van der Waals surface area contributed by atoms with Gasteiger partial charge < -0.3 is 10.2 Å². The highest BCUT2D eigenvalue weighted by Gasteiger charge is 2.22. The van der Waals surface area contributed by atoms with E-state index in [1.807, 2.05) is 0 Å². The molecule has 2 aromatic rings. The van der Waals surface area contributed by atoms with Crippen LogP contribution in [-0.2, 0) is 13.1 Å². The Morgan fingerprint density at radius 3 is 1.53 bits per heavy atom. The van der Waals surface area contributed by atoms with Crippen molar-refractivity contribution in [2.24, 2.45) is 5.73 Å². The van der Waals surface area contributed by atoms with E-state index in [4.69, 9.17) is 5.73 Å². The van der Waals surface area contributed by atoms with Crippen LogP contribution in [0.2, 0.25) is 0 Å². The van der Waals surface area contributed by atoms with Crippen LogP contribution in [0.15, 0.2) is 60.7 Å². The maximum atomic E-state index is 5.78. The molecule has 0 aromatic heterocycles. The Morgan fingerprint density at radius 2 is 1.13 bits per heavy atom. The van der Waals surface area contributed by atoms with Gasteiger partial charge in [0.25, 0.3) is 0 Å². The van der Waals surface area contributed by atoms with Crippen LogP contribution in [0.4, 0.5) is 0 Å². The van der Waals surface area contributed by atoms with Gasteiger partial charge in [-0.3, -0.25) is 4.90 Å².